The van der Waals surface area contributed by atoms with Gasteiger partial charge in [-0.2, -0.15) is 0 Å². The van der Waals surface area contributed by atoms with E-state index >= 15 is 0 Å². The monoisotopic (exact) mass is 522 g/mol. The second-order valence-corrected chi connectivity index (χ2v) is 9.45. The lowest BCUT2D eigenvalue weighted by molar-refractivity contribution is -0.140. The maximum atomic E-state index is 13.3. The SMILES string of the molecule is CCCCCOc1ccc(C2/C(=C(/O)c3ccc(OCC)cc3)C(=O)C(=O)N2CCCN(CC)CC)cc1. The Bertz CT molecular complexity index is 1070. The van der Waals surface area contributed by atoms with E-state index < -0.39 is 17.7 Å². The van der Waals surface area contributed by atoms with Crippen LogP contribution in [0.3, 0.4) is 0 Å². The van der Waals surface area contributed by atoms with Gasteiger partial charge in [0.2, 0.25) is 0 Å². The van der Waals surface area contributed by atoms with Crippen molar-refractivity contribution in [2.24, 2.45) is 0 Å². The van der Waals surface area contributed by atoms with E-state index in [1.165, 1.54) is 0 Å². The summed E-state index contributed by atoms with van der Waals surface area (Å²) in [6.45, 7) is 12.5. The Morgan fingerprint density at radius 3 is 2.11 bits per heavy atom. The number of hydrogen-bond donors (Lipinski definition) is 1. The molecule has 38 heavy (non-hydrogen) atoms. The molecule has 0 aromatic heterocycles. The van der Waals surface area contributed by atoms with Crippen LogP contribution in [-0.4, -0.2) is 66.0 Å². The standard InChI is InChI=1S/C31H42N2O5/c1-5-9-10-22-38-26-16-12-23(13-17-26)28-27(29(34)24-14-18-25(19-15-24)37-8-4)30(35)31(36)33(28)21-11-20-32(6-2)7-3/h12-19,28,34H,5-11,20-22H2,1-4H3/b29-27-. The molecule has 7 nitrogen and oxygen atoms in total. The van der Waals surface area contributed by atoms with Crippen molar-refractivity contribution in [3.05, 3.63) is 65.2 Å². The number of rotatable bonds is 15. The van der Waals surface area contributed by atoms with Crippen LogP contribution in [0.2, 0.25) is 0 Å². The maximum Gasteiger partial charge on any atom is 0.295 e. The van der Waals surface area contributed by atoms with Crippen molar-refractivity contribution in [1.29, 1.82) is 0 Å². The van der Waals surface area contributed by atoms with Crippen molar-refractivity contribution < 1.29 is 24.2 Å². The van der Waals surface area contributed by atoms with Crippen LogP contribution in [0, 0.1) is 0 Å². The van der Waals surface area contributed by atoms with Crippen LogP contribution in [0.25, 0.3) is 5.76 Å². The van der Waals surface area contributed by atoms with Crippen LogP contribution < -0.4 is 9.47 Å². The van der Waals surface area contributed by atoms with Crippen molar-refractivity contribution in [3.8, 4) is 11.5 Å². The highest BCUT2D eigenvalue weighted by molar-refractivity contribution is 6.46. The van der Waals surface area contributed by atoms with Gasteiger partial charge >= 0.3 is 0 Å². The maximum absolute atomic E-state index is 13.3. The number of amides is 1. The van der Waals surface area contributed by atoms with Crippen LogP contribution in [0.5, 0.6) is 11.5 Å². The van der Waals surface area contributed by atoms with E-state index in [-0.39, 0.29) is 11.3 Å². The highest BCUT2D eigenvalue weighted by Crippen LogP contribution is 2.40. The molecule has 0 aliphatic carbocycles. The van der Waals surface area contributed by atoms with Crippen molar-refractivity contribution in [3.63, 3.8) is 0 Å². The molecule has 2 aromatic rings. The van der Waals surface area contributed by atoms with E-state index in [4.69, 9.17) is 9.47 Å². The van der Waals surface area contributed by atoms with E-state index in [2.05, 4.69) is 25.7 Å². The zero-order valence-electron chi connectivity index (χ0n) is 23.2. The first kappa shape index (κ1) is 29.2. The van der Waals surface area contributed by atoms with E-state index in [9.17, 15) is 14.7 Å². The molecule has 2 aromatic carbocycles. The molecular formula is C31H42N2O5. The molecule has 1 N–H and O–H groups in total. The molecule has 1 unspecified atom stereocenters. The molecule has 0 saturated carbocycles. The number of benzene rings is 2. The summed E-state index contributed by atoms with van der Waals surface area (Å²) >= 11 is 0. The second kappa shape index (κ2) is 14.6. The molecular weight excluding hydrogens is 480 g/mol. The topological polar surface area (TPSA) is 79.3 Å². The number of Topliss-reactive ketones (excluding diaryl/α,β-unsaturated/α-hetero) is 1. The number of ketones is 1. The molecule has 1 heterocycles. The Morgan fingerprint density at radius 1 is 0.868 bits per heavy atom. The summed E-state index contributed by atoms with van der Waals surface area (Å²) in [6, 6.07) is 13.7. The Morgan fingerprint density at radius 2 is 1.50 bits per heavy atom. The zero-order chi connectivity index (χ0) is 27.5. The van der Waals surface area contributed by atoms with E-state index in [0.29, 0.717) is 31.1 Å². The summed E-state index contributed by atoms with van der Waals surface area (Å²) in [4.78, 5) is 30.4. The molecule has 0 radical (unpaired) electrons. The molecule has 1 aliphatic heterocycles. The summed E-state index contributed by atoms with van der Waals surface area (Å²) in [6.07, 6.45) is 3.97. The minimum absolute atomic E-state index is 0.110. The number of nitrogens with zero attached hydrogens (tertiary/aromatic N) is 2. The van der Waals surface area contributed by atoms with Gasteiger partial charge < -0.3 is 24.4 Å². The highest BCUT2D eigenvalue weighted by atomic mass is 16.5. The van der Waals surface area contributed by atoms with Crippen molar-refractivity contribution in [2.45, 2.75) is 59.4 Å². The Kier molecular flexibility index (Phi) is 11.2. The van der Waals surface area contributed by atoms with Crippen molar-refractivity contribution in [1.82, 2.24) is 9.80 Å². The smallest absolute Gasteiger partial charge is 0.295 e. The summed E-state index contributed by atoms with van der Waals surface area (Å²) in [7, 11) is 0. The fourth-order valence-corrected chi connectivity index (χ4v) is 4.78. The highest BCUT2D eigenvalue weighted by Gasteiger charge is 2.45. The molecule has 1 atom stereocenters. The molecule has 1 aliphatic rings. The fraction of sp³-hybridized carbons (Fsp3) is 0.484. The van der Waals surface area contributed by atoms with Crippen LogP contribution in [0.15, 0.2) is 54.1 Å². The molecule has 1 amide bonds. The van der Waals surface area contributed by atoms with Gasteiger partial charge in [0, 0.05) is 12.1 Å². The Hall–Kier alpha value is -3.32. The Labute approximate surface area is 227 Å². The fourth-order valence-electron chi connectivity index (χ4n) is 4.78. The summed E-state index contributed by atoms with van der Waals surface area (Å²) < 4.78 is 11.4. The number of likely N-dealkylation sites (tertiary alicyclic amines) is 1. The van der Waals surface area contributed by atoms with Gasteiger partial charge in [-0.25, -0.2) is 0 Å². The first-order valence-corrected chi connectivity index (χ1v) is 13.9. The van der Waals surface area contributed by atoms with Crippen LogP contribution in [-0.2, 0) is 9.59 Å². The van der Waals surface area contributed by atoms with Crippen LogP contribution in [0.4, 0.5) is 0 Å². The zero-order valence-corrected chi connectivity index (χ0v) is 23.2. The predicted octanol–water partition coefficient (Wildman–Crippen LogP) is 5.81. The third-order valence-corrected chi connectivity index (χ3v) is 6.96. The van der Waals surface area contributed by atoms with Gasteiger partial charge in [0.15, 0.2) is 0 Å². The third kappa shape index (κ3) is 7.16. The summed E-state index contributed by atoms with van der Waals surface area (Å²) in [5.74, 6) is -0.00425. The van der Waals surface area contributed by atoms with Crippen LogP contribution in [0.1, 0.15) is 70.5 Å². The van der Waals surface area contributed by atoms with Crippen LogP contribution >= 0.6 is 0 Å². The number of ether oxygens (including phenoxy) is 2. The van der Waals surface area contributed by atoms with Gasteiger partial charge in [0.1, 0.15) is 17.3 Å². The van der Waals surface area contributed by atoms with Gasteiger partial charge in [-0.15, -0.1) is 0 Å². The van der Waals surface area contributed by atoms with Gasteiger partial charge in [-0.05, 0) is 81.4 Å². The number of carbonyl (C=O) groups excluding carboxylic acids is 2. The van der Waals surface area contributed by atoms with E-state index in [1.807, 2.05) is 31.2 Å². The lowest BCUT2D eigenvalue weighted by Gasteiger charge is -2.27. The molecule has 1 saturated heterocycles. The van der Waals surface area contributed by atoms with Gasteiger partial charge in [-0.3, -0.25) is 9.59 Å². The average molecular weight is 523 g/mol. The third-order valence-electron chi connectivity index (χ3n) is 6.96. The number of aliphatic hydroxyl groups excluding tert-OH is 1. The first-order valence-electron chi connectivity index (χ1n) is 13.9. The lowest BCUT2D eigenvalue weighted by atomic mass is 9.95. The lowest BCUT2D eigenvalue weighted by Crippen LogP contribution is -2.33. The largest absolute Gasteiger partial charge is 0.507 e. The number of unbranched alkanes of at least 4 members (excludes halogenated alkanes) is 2. The minimum Gasteiger partial charge on any atom is -0.507 e. The van der Waals surface area contributed by atoms with E-state index in [0.717, 1.165) is 56.6 Å². The van der Waals surface area contributed by atoms with E-state index in [1.54, 1.807) is 29.2 Å². The summed E-state index contributed by atoms with van der Waals surface area (Å²) in [5, 5.41) is 11.3. The molecule has 206 valence electrons. The van der Waals surface area contributed by atoms with Crippen molar-refractivity contribution >= 4 is 17.4 Å². The normalized spacial score (nSPS) is 16.9. The first-order chi connectivity index (χ1) is 18.4. The average Bonchev–Trinajstić information content (AvgIpc) is 3.19. The Balaban J connectivity index is 1.94. The number of hydrogen-bond acceptors (Lipinski definition) is 6. The van der Waals surface area contributed by atoms with Gasteiger partial charge in [0.25, 0.3) is 11.7 Å². The van der Waals surface area contributed by atoms with Gasteiger partial charge in [0.05, 0.1) is 24.8 Å². The molecule has 7 heteroatoms. The molecule has 0 spiro atoms. The van der Waals surface area contributed by atoms with Gasteiger partial charge in [-0.1, -0.05) is 45.7 Å². The number of carbonyl (C=O) groups is 2. The minimum atomic E-state index is -0.674. The predicted molar refractivity (Wildman–Crippen MR) is 150 cm³/mol. The summed E-state index contributed by atoms with van der Waals surface area (Å²) in [5.41, 5.74) is 1.34. The quantitative estimate of drug-likeness (QED) is 0.138. The molecule has 1 fully saturated rings. The second-order valence-electron chi connectivity index (χ2n) is 9.45. The number of aliphatic hydroxyl groups is 1. The molecule has 0 bridgehead atoms. The molecule has 3 rings (SSSR count). The van der Waals surface area contributed by atoms with Crippen molar-refractivity contribution in [2.75, 3.05) is 39.4 Å².